The van der Waals surface area contributed by atoms with Gasteiger partial charge in [-0.1, -0.05) is 24.3 Å². The molecule has 8 nitrogen and oxygen atoms in total. The number of rotatable bonds is 9. The van der Waals surface area contributed by atoms with E-state index < -0.39 is 0 Å². The molecule has 1 aliphatic heterocycles. The Hall–Kier alpha value is -2.82. The van der Waals surface area contributed by atoms with Crippen molar-refractivity contribution in [1.29, 1.82) is 0 Å². The maximum Gasteiger partial charge on any atom is 0.191 e. The Bertz CT molecular complexity index is 1090. The Labute approximate surface area is 218 Å². The summed E-state index contributed by atoms with van der Waals surface area (Å²) in [7, 11) is 0. The van der Waals surface area contributed by atoms with Gasteiger partial charge in [0.2, 0.25) is 0 Å². The lowest BCUT2D eigenvalue weighted by Gasteiger charge is -2.15. The molecule has 0 spiro atoms. The van der Waals surface area contributed by atoms with E-state index in [1.54, 1.807) is 12.7 Å². The van der Waals surface area contributed by atoms with Gasteiger partial charge in [-0.3, -0.25) is 0 Å². The monoisotopic (exact) mass is 576 g/mol. The van der Waals surface area contributed by atoms with Crippen LogP contribution < -0.4 is 20.1 Å². The summed E-state index contributed by atoms with van der Waals surface area (Å²) >= 11 is 0. The number of fused-ring (bicyclic) bond motifs is 1. The van der Waals surface area contributed by atoms with Gasteiger partial charge in [-0.2, -0.15) is 5.10 Å². The molecule has 2 N–H and O–H groups in total. The third kappa shape index (κ3) is 6.85. The topological polar surface area (TPSA) is 85.6 Å². The van der Waals surface area contributed by atoms with Gasteiger partial charge in [-0.05, 0) is 44.0 Å². The molecule has 1 aromatic heterocycles. The first-order valence-electron chi connectivity index (χ1n) is 11.5. The molecular weight excluding hydrogens is 543 g/mol. The van der Waals surface area contributed by atoms with Crippen LogP contribution in [0.25, 0.3) is 0 Å². The molecule has 0 aliphatic carbocycles. The first-order valence-corrected chi connectivity index (χ1v) is 11.5. The van der Waals surface area contributed by atoms with Gasteiger partial charge in [0.05, 0.1) is 19.7 Å². The third-order valence-corrected chi connectivity index (χ3v) is 5.39. The molecule has 2 aromatic carbocycles. The Balaban J connectivity index is 0.00000324. The van der Waals surface area contributed by atoms with E-state index in [0.29, 0.717) is 26.2 Å². The van der Waals surface area contributed by atoms with Crippen LogP contribution >= 0.6 is 24.0 Å². The van der Waals surface area contributed by atoms with Gasteiger partial charge in [-0.25, -0.2) is 14.7 Å². The summed E-state index contributed by atoms with van der Waals surface area (Å²) in [5, 5.41) is 10.9. The van der Waals surface area contributed by atoms with E-state index in [0.717, 1.165) is 41.6 Å². The molecule has 182 valence electrons. The summed E-state index contributed by atoms with van der Waals surface area (Å²) in [4.78, 5) is 8.79. The van der Waals surface area contributed by atoms with Crippen LogP contribution in [0.15, 0.2) is 54.0 Å². The van der Waals surface area contributed by atoms with E-state index in [1.165, 1.54) is 11.1 Å². The molecule has 0 bridgehead atoms. The minimum atomic E-state index is 0. The fourth-order valence-electron chi connectivity index (χ4n) is 3.93. The van der Waals surface area contributed by atoms with E-state index >= 15 is 0 Å². The van der Waals surface area contributed by atoms with E-state index in [2.05, 4.69) is 71.0 Å². The molecule has 4 rings (SSSR count). The Kier molecular flexibility index (Phi) is 9.55. The van der Waals surface area contributed by atoms with Crippen LogP contribution in [0, 0.1) is 0 Å². The quantitative estimate of drug-likeness (QED) is 0.228. The number of guanidine groups is 1. The number of aliphatic imine (C=N–C) groups is 1. The van der Waals surface area contributed by atoms with Crippen molar-refractivity contribution >= 4 is 29.9 Å². The number of aromatic nitrogens is 3. The minimum Gasteiger partial charge on any atom is -0.494 e. The summed E-state index contributed by atoms with van der Waals surface area (Å²) in [5.74, 6) is 2.61. The average molecular weight is 576 g/mol. The number of ether oxygens (including phenoxy) is 2. The first-order chi connectivity index (χ1) is 16.1. The molecule has 1 unspecified atom stereocenters. The van der Waals surface area contributed by atoms with Gasteiger partial charge >= 0.3 is 0 Å². The number of halogens is 1. The van der Waals surface area contributed by atoms with Crippen molar-refractivity contribution in [2.45, 2.75) is 52.9 Å². The number of hydrogen-bond acceptors (Lipinski definition) is 5. The second kappa shape index (κ2) is 12.6. The lowest BCUT2D eigenvalue weighted by molar-refractivity contribution is 0.254. The molecule has 2 heterocycles. The minimum absolute atomic E-state index is 0. The normalized spacial score (nSPS) is 14.7. The smallest absolute Gasteiger partial charge is 0.191 e. The van der Waals surface area contributed by atoms with Crippen molar-refractivity contribution in [2.75, 3.05) is 13.2 Å². The highest BCUT2D eigenvalue weighted by Crippen LogP contribution is 2.35. The standard InChI is InChI=1S/C25H32N6O2.HI/c1-4-27-25(28-13-19-7-6-8-20(10-19)15-31-17-26-16-30-31)29-14-22-12-24-21(9-18(3)33-24)11-23(22)32-5-2;/h6-8,10-12,16-18H,4-5,9,13-15H2,1-3H3,(H2,27,28,29);1H. The Morgan fingerprint density at radius 1 is 1.21 bits per heavy atom. The largest absolute Gasteiger partial charge is 0.494 e. The maximum atomic E-state index is 5.95. The molecular formula is C25H33IN6O2. The van der Waals surface area contributed by atoms with Crippen LogP contribution in [0.5, 0.6) is 11.5 Å². The number of hydrogen-bond donors (Lipinski definition) is 2. The molecule has 1 atom stereocenters. The van der Waals surface area contributed by atoms with Crippen molar-refractivity contribution in [2.24, 2.45) is 4.99 Å². The van der Waals surface area contributed by atoms with Crippen molar-refractivity contribution in [3.63, 3.8) is 0 Å². The zero-order chi connectivity index (χ0) is 23.0. The predicted molar refractivity (Wildman–Crippen MR) is 144 cm³/mol. The second-order valence-corrected chi connectivity index (χ2v) is 8.09. The second-order valence-electron chi connectivity index (χ2n) is 8.09. The maximum absolute atomic E-state index is 5.95. The predicted octanol–water partition coefficient (Wildman–Crippen LogP) is 3.92. The van der Waals surface area contributed by atoms with E-state index in [9.17, 15) is 0 Å². The summed E-state index contributed by atoms with van der Waals surface area (Å²) < 4.78 is 13.7. The fourth-order valence-corrected chi connectivity index (χ4v) is 3.93. The molecule has 0 amide bonds. The average Bonchev–Trinajstić information content (AvgIpc) is 3.44. The third-order valence-electron chi connectivity index (χ3n) is 5.39. The van der Waals surface area contributed by atoms with Crippen LogP contribution in [0.4, 0.5) is 0 Å². The summed E-state index contributed by atoms with van der Waals surface area (Å²) in [5.41, 5.74) is 4.57. The first kappa shape index (κ1) is 25.8. The van der Waals surface area contributed by atoms with Gasteiger partial charge in [-0.15, -0.1) is 24.0 Å². The molecule has 0 fully saturated rings. The number of benzene rings is 2. The molecule has 0 radical (unpaired) electrons. The highest BCUT2D eigenvalue weighted by atomic mass is 127. The Morgan fingerprint density at radius 3 is 2.82 bits per heavy atom. The fraction of sp³-hybridized carbons (Fsp3) is 0.400. The van der Waals surface area contributed by atoms with Crippen LogP contribution in [0.2, 0.25) is 0 Å². The molecule has 1 aliphatic rings. The van der Waals surface area contributed by atoms with Crippen LogP contribution in [-0.2, 0) is 26.1 Å². The van der Waals surface area contributed by atoms with Gasteiger partial charge in [0.15, 0.2) is 5.96 Å². The highest BCUT2D eigenvalue weighted by Gasteiger charge is 2.21. The van der Waals surface area contributed by atoms with Crippen molar-refractivity contribution in [3.05, 3.63) is 71.3 Å². The molecule has 0 saturated heterocycles. The summed E-state index contributed by atoms with van der Waals surface area (Å²) in [6.45, 7) is 9.42. The van der Waals surface area contributed by atoms with Crippen molar-refractivity contribution in [1.82, 2.24) is 25.4 Å². The Morgan fingerprint density at radius 2 is 2.06 bits per heavy atom. The highest BCUT2D eigenvalue weighted by molar-refractivity contribution is 14.0. The molecule has 34 heavy (non-hydrogen) atoms. The molecule has 3 aromatic rings. The van der Waals surface area contributed by atoms with Gasteiger partial charge in [0, 0.05) is 30.6 Å². The van der Waals surface area contributed by atoms with Crippen molar-refractivity contribution in [3.8, 4) is 11.5 Å². The van der Waals surface area contributed by atoms with Crippen LogP contribution in [0.1, 0.15) is 43.0 Å². The SMILES string of the molecule is CCNC(=NCc1cccc(Cn2cncn2)c1)NCc1cc2c(cc1OCC)CC(C)O2.I. The summed E-state index contributed by atoms with van der Waals surface area (Å²) in [6.07, 6.45) is 4.40. The lowest BCUT2D eigenvalue weighted by Crippen LogP contribution is -2.36. The van der Waals surface area contributed by atoms with E-state index in [1.807, 2.05) is 11.6 Å². The van der Waals surface area contributed by atoms with Crippen molar-refractivity contribution < 1.29 is 9.47 Å². The molecule has 0 saturated carbocycles. The van der Waals surface area contributed by atoms with Gasteiger partial charge in [0.1, 0.15) is 30.3 Å². The van der Waals surface area contributed by atoms with Crippen LogP contribution in [-0.4, -0.2) is 40.0 Å². The summed E-state index contributed by atoms with van der Waals surface area (Å²) in [6, 6.07) is 12.6. The zero-order valence-electron chi connectivity index (χ0n) is 20.0. The van der Waals surface area contributed by atoms with Gasteiger partial charge < -0.3 is 20.1 Å². The number of nitrogens with zero attached hydrogens (tertiary/aromatic N) is 4. The number of nitrogens with one attached hydrogen (secondary N) is 2. The van der Waals surface area contributed by atoms with Gasteiger partial charge in [0.25, 0.3) is 0 Å². The lowest BCUT2D eigenvalue weighted by atomic mass is 10.1. The van der Waals surface area contributed by atoms with E-state index in [4.69, 9.17) is 14.5 Å². The molecule has 9 heteroatoms. The zero-order valence-corrected chi connectivity index (χ0v) is 22.3. The van der Waals surface area contributed by atoms with E-state index in [-0.39, 0.29) is 30.1 Å². The van der Waals surface area contributed by atoms with Crippen LogP contribution in [0.3, 0.4) is 0 Å².